The molecule has 0 spiro atoms. The fourth-order valence-corrected chi connectivity index (χ4v) is 2.61. The van der Waals surface area contributed by atoms with Crippen LogP contribution in [-0.2, 0) is 0 Å². The number of hydrogen-bond acceptors (Lipinski definition) is 2. The minimum absolute atomic E-state index is 0.101. The van der Waals surface area contributed by atoms with E-state index in [0.29, 0.717) is 0 Å². The molecule has 2 aromatic carbocycles. The first-order valence-corrected chi connectivity index (χ1v) is 8.29. The third-order valence-corrected chi connectivity index (χ3v) is 4.26. The summed E-state index contributed by atoms with van der Waals surface area (Å²) in [4.78, 5) is 14.0. The number of hydrogen-bond donors (Lipinski definition) is 1. The fraction of sp³-hybridized carbons (Fsp3) is 0.300. The van der Waals surface area contributed by atoms with Gasteiger partial charge in [0.25, 0.3) is 0 Å². The minimum Gasteiger partial charge on any atom is -0.335 e. The van der Waals surface area contributed by atoms with Gasteiger partial charge in [0.15, 0.2) is 0 Å². The second-order valence-electron chi connectivity index (χ2n) is 5.95. The number of nitrogens with one attached hydrogen (secondary N) is 1. The lowest BCUT2D eigenvalue weighted by Crippen LogP contribution is -2.46. The Kier molecular flexibility index (Phi) is 6.53. The van der Waals surface area contributed by atoms with Gasteiger partial charge in [-0.2, -0.15) is 5.26 Å². The van der Waals surface area contributed by atoms with Crippen molar-refractivity contribution in [3.05, 3.63) is 66.0 Å². The van der Waals surface area contributed by atoms with Gasteiger partial charge >= 0.3 is 6.03 Å². The highest BCUT2D eigenvalue weighted by Crippen LogP contribution is 2.21. The number of carbonyl (C=O) groups excluding carboxylic acids is 1. The van der Waals surface area contributed by atoms with Gasteiger partial charge in [-0.1, -0.05) is 49.4 Å². The van der Waals surface area contributed by atoms with E-state index in [-0.39, 0.29) is 30.6 Å². The van der Waals surface area contributed by atoms with E-state index < -0.39 is 11.8 Å². The Morgan fingerprint density at radius 1 is 1.16 bits per heavy atom. The Hall–Kier alpha value is -2.87. The molecular weight excluding hydrogens is 317 g/mol. The molecular formula is C20H22FN3O. The van der Waals surface area contributed by atoms with Crippen LogP contribution < -0.4 is 10.2 Å². The van der Waals surface area contributed by atoms with E-state index >= 15 is 0 Å². The van der Waals surface area contributed by atoms with E-state index in [1.807, 2.05) is 50.2 Å². The molecule has 2 atom stereocenters. The lowest BCUT2D eigenvalue weighted by Gasteiger charge is -2.27. The molecule has 0 fully saturated rings. The molecule has 1 N–H and O–H groups in total. The highest BCUT2D eigenvalue weighted by molar-refractivity contribution is 5.92. The summed E-state index contributed by atoms with van der Waals surface area (Å²) < 4.78 is 14.1. The van der Waals surface area contributed by atoms with Crippen molar-refractivity contribution >= 4 is 11.7 Å². The first kappa shape index (κ1) is 18.5. The van der Waals surface area contributed by atoms with Crippen molar-refractivity contribution in [2.75, 3.05) is 11.4 Å². The smallest absolute Gasteiger partial charge is 0.322 e. The van der Waals surface area contributed by atoms with E-state index in [1.165, 1.54) is 17.0 Å². The van der Waals surface area contributed by atoms with Gasteiger partial charge < -0.3 is 5.32 Å². The van der Waals surface area contributed by atoms with E-state index in [0.717, 1.165) is 5.56 Å². The average Bonchev–Trinajstić information content (AvgIpc) is 2.63. The number of anilines is 1. The maximum absolute atomic E-state index is 14.1. The summed E-state index contributed by atoms with van der Waals surface area (Å²) in [5.41, 5.74) is 1.29. The summed E-state index contributed by atoms with van der Waals surface area (Å²) in [6.45, 7) is 4.08. The molecule has 0 bridgehead atoms. The second kappa shape index (κ2) is 8.84. The zero-order valence-corrected chi connectivity index (χ0v) is 14.4. The van der Waals surface area contributed by atoms with Crippen molar-refractivity contribution < 1.29 is 9.18 Å². The molecule has 2 aromatic rings. The third-order valence-electron chi connectivity index (χ3n) is 4.26. The number of nitrogens with zero attached hydrogens (tertiary/aromatic N) is 2. The topological polar surface area (TPSA) is 56.1 Å². The van der Waals surface area contributed by atoms with Crippen molar-refractivity contribution in [1.29, 1.82) is 5.26 Å². The molecule has 0 aliphatic rings. The summed E-state index contributed by atoms with van der Waals surface area (Å²) in [5, 5.41) is 11.8. The molecule has 0 aliphatic carbocycles. The molecule has 25 heavy (non-hydrogen) atoms. The molecule has 4 nitrogen and oxygen atoms in total. The number of benzene rings is 2. The first-order chi connectivity index (χ1) is 12.0. The molecule has 0 aromatic heterocycles. The zero-order valence-electron chi connectivity index (χ0n) is 14.4. The average molecular weight is 339 g/mol. The number of amides is 2. The molecule has 0 aliphatic heterocycles. The minimum atomic E-state index is -0.487. The van der Waals surface area contributed by atoms with Crippen LogP contribution in [0.2, 0.25) is 0 Å². The van der Waals surface area contributed by atoms with Crippen LogP contribution in [0.4, 0.5) is 14.9 Å². The summed E-state index contributed by atoms with van der Waals surface area (Å²) in [6, 6.07) is 17.4. The molecule has 0 saturated carbocycles. The molecule has 2 amide bonds. The fourth-order valence-electron chi connectivity index (χ4n) is 2.61. The van der Waals surface area contributed by atoms with Gasteiger partial charge in [-0.25, -0.2) is 9.18 Å². The monoisotopic (exact) mass is 339 g/mol. The van der Waals surface area contributed by atoms with Gasteiger partial charge in [0.05, 0.1) is 18.2 Å². The molecule has 2 rings (SSSR count). The normalized spacial score (nSPS) is 12.7. The molecule has 130 valence electrons. The van der Waals surface area contributed by atoms with Crippen molar-refractivity contribution in [2.24, 2.45) is 0 Å². The lowest BCUT2D eigenvalue weighted by molar-refractivity contribution is 0.241. The van der Waals surface area contributed by atoms with Crippen LogP contribution in [0.1, 0.15) is 31.7 Å². The van der Waals surface area contributed by atoms with E-state index in [1.54, 1.807) is 12.1 Å². The Morgan fingerprint density at radius 3 is 2.44 bits per heavy atom. The predicted molar refractivity (Wildman–Crippen MR) is 96.8 cm³/mol. The maximum Gasteiger partial charge on any atom is 0.322 e. The number of nitriles is 1. The van der Waals surface area contributed by atoms with Crippen LogP contribution in [0, 0.1) is 17.1 Å². The Labute approximate surface area is 147 Å². The van der Waals surface area contributed by atoms with Gasteiger partial charge in [0.2, 0.25) is 0 Å². The maximum atomic E-state index is 14.1. The molecule has 5 heteroatoms. The largest absolute Gasteiger partial charge is 0.335 e. The number of para-hydroxylation sites is 1. The number of rotatable bonds is 6. The number of halogens is 1. The quantitative estimate of drug-likeness (QED) is 0.845. The highest BCUT2D eigenvalue weighted by atomic mass is 19.1. The van der Waals surface area contributed by atoms with Crippen LogP contribution in [0.5, 0.6) is 0 Å². The molecule has 0 unspecified atom stereocenters. The van der Waals surface area contributed by atoms with Gasteiger partial charge in [-0.3, -0.25) is 4.90 Å². The van der Waals surface area contributed by atoms with E-state index in [2.05, 4.69) is 5.32 Å². The summed E-state index contributed by atoms with van der Waals surface area (Å²) in [6.07, 6.45) is 0.129. The Morgan fingerprint density at radius 2 is 1.80 bits per heavy atom. The number of urea groups is 1. The van der Waals surface area contributed by atoms with Gasteiger partial charge in [0.1, 0.15) is 5.82 Å². The van der Waals surface area contributed by atoms with Crippen LogP contribution in [-0.4, -0.2) is 18.6 Å². The third kappa shape index (κ3) is 4.80. The highest BCUT2D eigenvalue weighted by Gasteiger charge is 2.22. The van der Waals surface area contributed by atoms with Crippen LogP contribution in [0.3, 0.4) is 0 Å². The van der Waals surface area contributed by atoms with Crippen molar-refractivity contribution in [3.8, 4) is 6.07 Å². The van der Waals surface area contributed by atoms with E-state index in [4.69, 9.17) is 5.26 Å². The molecule has 0 heterocycles. The standard InChI is InChI=1S/C20H22FN3O/c1-15(17-9-4-3-5-10-17)16(2)23-20(25)24(14-8-13-22)19-12-7-6-11-18(19)21/h3-7,9-12,15-16H,8,14H2,1-2H3,(H,23,25)/t15-,16-/m1/s1. The number of carbonyl (C=O) groups is 1. The first-order valence-electron chi connectivity index (χ1n) is 8.29. The van der Waals surface area contributed by atoms with Gasteiger partial charge in [0, 0.05) is 18.5 Å². The Balaban J connectivity index is 2.14. The Bertz CT molecular complexity index is 742. The van der Waals surface area contributed by atoms with Gasteiger partial charge in [-0.15, -0.1) is 0 Å². The van der Waals surface area contributed by atoms with Crippen molar-refractivity contribution in [3.63, 3.8) is 0 Å². The van der Waals surface area contributed by atoms with Crippen LogP contribution in [0.15, 0.2) is 54.6 Å². The lowest BCUT2D eigenvalue weighted by atomic mass is 9.94. The summed E-state index contributed by atoms with van der Waals surface area (Å²) >= 11 is 0. The van der Waals surface area contributed by atoms with Crippen molar-refractivity contribution in [2.45, 2.75) is 32.2 Å². The predicted octanol–water partition coefficient (Wildman–Crippen LogP) is 4.45. The van der Waals surface area contributed by atoms with Gasteiger partial charge in [-0.05, 0) is 24.6 Å². The molecule has 0 radical (unpaired) electrons. The molecule has 0 saturated heterocycles. The van der Waals surface area contributed by atoms with Crippen molar-refractivity contribution in [1.82, 2.24) is 5.32 Å². The van der Waals surface area contributed by atoms with Crippen LogP contribution in [0.25, 0.3) is 0 Å². The second-order valence-corrected chi connectivity index (χ2v) is 5.95. The summed E-state index contributed by atoms with van der Waals surface area (Å²) in [5.74, 6) is -0.386. The SMILES string of the molecule is C[C@@H](NC(=O)N(CCC#N)c1ccccc1F)[C@@H](C)c1ccccc1. The zero-order chi connectivity index (χ0) is 18.2. The van der Waals surface area contributed by atoms with Crippen LogP contribution >= 0.6 is 0 Å². The summed E-state index contributed by atoms with van der Waals surface area (Å²) in [7, 11) is 0. The van der Waals surface area contributed by atoms with E-state index in [9.17, 15) is 9.18 Å².